The predicted octanol–water partition coefficient (Wildman–Crippen LogP) is 17.9. The van der Waals surface area contributed by atoms with E-state index >= 15 is 0 Å². The van der Waals surface area contributed by atoms with E-state index in [0.29, 0.717) is 11.8 Å². The fourth-order valence-electron chi connectivity index (χ4n) is 11.3. The summed E-state index contributed by atoms with van der Waals surface area (Å²) in [7, 11) is 0. The standard InChI is InChI=1S/C62H56N2O2/c1-35(2)45-13-9-15-47-49-17-11-19-55(61(49)65-59(45)47)63(43-27-21-37(5)39(7)33-43)53-31-25-41-24-30-52-54(32-26-42-23-29-51(53)57(41)58(42)52)64(44-28-22-38(6)40(8)34-44)56-20-12-18-50-48-16-10-14-46(36(3)4)60(48)66-62(50)56/h9-21,23-27,29-36,41,57H,22,28H2,1-8H3. The Bertz CT molecular complexity index is 3560. The number of allylic oxidation sites excluding steroid dienone is 9. The second-order valence-electron chi connectivity index (χ2n) is 19.8. The van der Waals surface area contributed by atoms with Crippen molar-refractivity contribution in [3.05, 3.63) is 201 Å². The van der Waals surface area contributed by atoms with E-state index in [-0.39, 0.29) is 11.8 Å². The summed E-state index contributed by atoms with van der Waals surface area (Å²) in [6.45, 7) is 18.0. The highest BCUT2D eigenvalue weighted by molar-refractivity contribution is 6.12. The largest absolute Gasteiger partial charge is 0.454 e. The van der Waals surface area contributed by atoms with Crippen LogP contribution in [0.2, 0.25) is 0 Å². The van der Waals surface area contributed by atoms with Crippen LogP contribution in [0.5, 0.6) is 0 Å². The van der Waals surface area contributed by atoms with Gasteiger partial charge >= 0.3 is 0 Å². The third-order valence-electron chi connectivity index (χ3n) is 15.2. The van der Waals surface area contributed by atoms with E-state index in [4.69, 9.17) is 8.83 Å². The predicted molar refractivity (Wildman–Crippen MR) is 278 cm³/mol. The number of hydrogen-bond donors (Lipinski definition) is 0. The number of fused-ring (bicyclic) bond motifs is 6. The number of benzene rings is 6. The smallest absolute Gasteiger partial charge is 0.159 e. The summed E-state index contributed by atoms with van der Waals surface area (Å²) in [5.41, 5.74) is 23.7. The van der Waals surface area contributed by atoms with Gasteiger partial charge in [0.15, 0.2) is 11.2 Å². The molecule has 2 unspecified atom stereocenters. The first kappa shape index (κ1) is 40.5. The molecule has 0 amide bonds. The van der Waals surface area contributed by atoms with Gasteiger partial charge in [0.1, 0.15) is 11.2 Å². The number of para-hydroxylation sites is 4. The van der Waals surface area contributed by atoms with Gasteiger partial charge in [-0.05, 0) is 134 Å². The highest BCUT2D eigenvalue weighted by Gasteiger charge is 2.39. The lowest BCUT2D eigenvalue weighted by Crippen LogP contribution is -2.28. The lowest BCUT2D eigenvalue weighted by atomic mass is 9.68. The Balaban J connectivity index is 1.08. The minimum absolute atomic E-state index is 0.114. The SMILES string of the molecule is CC1=C(C)CCC(N(c2ccc3c4c2C=CC2C=CC(N(c5ccc(C)c(C)c5)c5cccc6c5oc5c(C(C)C)cccc56)=C(C=C3)C42)c2cccc3c2oc2c(C(C)C)cccc23)=C1. The molecule has 2 atom stereocenters. The molecule has 0 fully saturated rings. The zero-order chi connectivity index (χ0) is 45.1. The van der Waals surface area contributed by atoms with Crippen molar-refractivity contribution >= 4 is 78.8 Å². The first-order chi connectivity index (χ1) is 32.0. The Kier molecular flexibility index (Phi) is 9.36. The molecule has 0 bridgehead atoms. The van der Waals surface area contributed by atoms with Crippen LogP contribution in [-0.4, -0.2) is 0 Å². The van der Waals surface area contributed by atoms with Gasteiger partial charge in [-0.25, -0.2) is 0 Å². The van der Waals surface area contributed by atoms with E-state index in [9.17, 15) is 0 Å². The highest BCUT2D eigenvalue weighted by Crippen LogP contribution is 2.55. The van der Waals surface area contributed by atoms with Gasteiger partial charge in [0, 0.05) is 56.0 Å². The van der Waals surface area contributed by atoms with Crippen LogP contribution in [-0.2, 0) is 0 Å². The van der Waals surface area contributed by atoms with Crippen LogP contribution in [0, 0.1) is 19.8 Å². The Morgan fingerprint density at radius 1 is 0.545 bits per heavy atom. The third kappa shape index (κ3) is 6.10. The number of hydrogen-bond acceptors (Lipinski definition) is 4. The number of nitrogens with zero attached hydrogens (tertiary/aromatic N) is 2. The zero-order valence-electron chi connectivity index (χ0n) is 39.3. The third-order valence-corrected chi connectivity index (χ3v) is 15.2. The topological polar surface area (TPSA) is 32.8 Å². The maximum atomic E-state index is 7.07. The van der Waals surface area contributed by atoms with Gasteiger partial charge in [-0.2, -0.15) is 0 Å². The molecule has 2 aromatic heterocycles. The summed E-state index contributed by atoms with van der Waals surface area (Å²) in [6.07, 6.45) is 18.8. The molecule has 66 heavy (non-hydrogen) atoms. The quantitative estimate of drug-likeness (QED) is 0.152. The van der Waals surface area contributed by atoms with Crippen LogP contribution in [0.4, 0.5) is 22.7 Å². The second-order valence-corrected chi connectivity index (χ2v) is 19.8. The van der Waals surface area contributed by atoms with E-state index < -0.39 is 0 Å². The fourth-order valence-corrected chi connectivity index (χ4v) is 11.3. The minimum Gasteiger partial charge on any atom is -0.454 e. The lowest BCUT2D eigenvalue weighted by Gasteiger charge is -2.41. The average Bonchev–Trinajstić information content (AvgIpc) is 3.91. The normalized spacial score (nSPS) is 17.6. The molecule has 8 aromatic rings. The summed E-state index contributed by atoms with van der Waals surface area (Å²) in [5, 5.41) is 4.62. The van der Waals surface area contributed by atoms with Gasteiger partial charge < -0.3 is 18.6 Å². The van der Waals surface area contributed by atoms with Crippen LogP contribution in [0.3, 0.4) is 0 Å². The first-order valence-electron chi connectivity index (χ1n) is 23.9. The van der Waals surface area contributed by atoms with Gasteiger partial charge in [-0.3, -0.25) is 0 Å². The Hall–Kier alpha value is -7.04. The van der Waals surface area contributed by atoms with Crippen molar-refractivity contribution in [2.75, 3.05) is 9.80 Å². The van der Waals surface area contributed by atoms with E-state index in [1.807, 2.05) is 0 Å². The monoisotopic (exact) mass is 860 g/mol. The first-order valence-corrected chi connectivity index (χ1v) is 23.9. The molecule has 4 nitrogen and oxygen atoms in total. The lowest BCUT2D eigenvalue weighted by molar-refractivity contribution is 0.650. The van der Waals surface area contributed by atoms with Crippen LogP contribution >= 0.6 is 0 Å². The van der Waals surface area contributed by atoms with E-state index in [1.54, 1.807) is 0 Å². The fraction of sp³-hybridized carbons (Fsp3) is 0.226. The van der Waals surface area contributed by atoms with Crippen molar-refractivity contribution in [3.63, 3.8) is 0 Å². The van der Waals surface area contributed by atoms with Gasteiger partial charge in [-0.15, -0.1) is 0 Å². The van der Waals surface area contributed by atoms with Crippen LogP contribution < -0.4 is 9.80 Å². The van der Waals surface area contributed by atoms with Gasteiger partial charge in [-0.1, -0.05) is 142 Å². The Labute approximate surface area is 388 Å². The molecule has 4 heteroatoms. The van der Waals surface area contributed by atoms with Crippen molar-refractivity contribution in [1.29, 1.82) is 0 Å². The molecular weight excluding hydrogens is 805 g/mol. The molecule has 0 saturated heterocycles. The van der Waals surface area contributed by atoms with Crippen molar-refractivity contribution in [3.8, 4) is 0 Å². The molecule has 4 aliphatic carbocycles. The van der Waals surface area contributed by atoms with E-state index in [0.717, 1.165) is 68.4 Å². The van der Waals surface area contributed by atoms with E-state index in [2.05, 4.69) is 211 Å². The molecule has 6 aromatic carbocycles. The summed E-state index contributed by atoms with van der Waals surface area (Å²) in [5.74, 6) is 0.995. The molecule has 0 spiro atoms. The summed E-state index contributed by atoms with van der Waals surface area (Å²) in [4.78, 5) is 5.00. The summed E-state index contributed by atoms with van der Waals surface area (Å²) in [6, 6.07) is 38.2. The van der Waals surface area contributed by atoms with Crippen molar-refractivity contribution < 1.29 is 8.83 Å². The summed E-state index contributed by atoms with van der Waals surface area (Å²) >= 11 is 0. The second kappa shape index (κ2) is 15.3. The number of furan rings is 2. The Morgan fingerprint density at radius 2 is 1.15 bits per heavy atom. The Morgan fingerprint density at radius 3 is 1.77 bits per heavy atom. The highest BCUT2D eigenvalue weighted by atomic mass is 16.3. The van der Waals surface area contributed by atoms with Crippen molar-refractivity contribution in [2.24, 2.45) is 5.92 Å². The molecule has 4 aliphatic rings. The van der Waals surface area contributed by atoms with Crippen molar-refractivity contribution in [2.45, 2.75) is 86.0 Å². The number of anilines is 4. The maximum absolute atomic E-state index is 7.07. The van der Waals surface area contributed by atoms with Crippen LogP contribution in [0.15, 0.2) is 170 Å². The van der Waals surface area contributed by atoms with Crippen molar-refractivity contribution in [1.82, 2.24) is 0 Å². The molecule has 326 valence electrons. The molecule has 12 rings (SSSR count). The molecule has 0 aliphatic heterocycles. The van der Waals surface area contributed by atoms with Gasteiger partial charge in [0.05, 0.1) is 17.1 Å². The molecule has 0 N–H and O–H groups in total. The maximum Gasteiger partial charge on any atom is 0.159 e. The molecule has 0 saturated carbocycles. The minimum atomic E-state index is 0.114. The van der Waals surface area contributed by atoms with Crippen LogP contribution in [0.1, 0.15) is 111 Å². The molecular formula is C62H56N2O2. The van der Waals surface area contributed by atoms with Gasteiger partial charge in [0.2, 0.25) is 0 Å². The number of aryl methyl sites for hydroxylation is 2. The number of rotatable bonds is 8. The zero-order valence-corrected chi connectivity index (χ0v) is 39.3. The van der Waals surface area contributed by atoms with E-state index in [1.165, 1.54) is 78.1 Å². The van der Waals surface area contributed by atoms with Gasteiger partial charge in [0.25, 0.3) is 0 Å². The molecule has 2 heterocycles. The summed E-state index contributed by atoms with van der Waals surface area (Å²) < 4.78 is 14.1. The molecule has 0 radical (unpaired) electrons. The van der Waals surface area contributed by atoms with Crippen LogP contribution in [0.25, 0.3) is 56.0 Å². The average molecular weight is 861 g/mol.